The summed E-state index contributed by atoms with van der Waals surface area (Å²) in [5, 5.41) is 2.48. The summed E-state index contributed by atoms with van der Waals surface area (Å²) < 4.78 is 26.3. The van der Waals surface area contributed by atoms with Gasteiger partial charge in [0, 0.05) is 0 Å². The second kappa shape index (κ2) is 4.22. The Bertz CT molecular complexity index is 149. The molecule has 1 aliphatic rings. The van der Waals surface area contributed by atoms with E-state index in [-0.39, 0.29) is 0 Å². The predicted octanol–water partition coefficient (Wildman–Crippen LogP) is -2.83. The van der Waals surface area contributed by atoms with Crippen molar-refractivity contribution in [2.24, 2.45) is 17.4 Å². The van der Waals surface area contributed by atoms with Gasteiger partial charge in [-0.2, -0.15) is 0 Å². The van der Waals surface area contributed by atoms with Gasteiger partial charge in [-0.05, 0) is 0 Å². The first-order chi connectivity index (χ1) is 6.11. The molecule has 0 spiro atoms. The van der Waals surface area contributed by atoms with Gasteiger partial charge in [-0.3, -0.25) is 17.0 Å². The van der Waals surface area contributed by atoms with Gasteiger partial charge < -0.3 is 5.73 Å². The number of nitrogens with two attached hydrogens (primary N) is 3. The Morgan fingerprint density at radius 2 is 1.38 bits per heavy atom. The van der Waals surface area contributed by atoms with Crippen LogP contribution >= 0.6 is 0 Å². The average Bonchev–Trinajstić information content (AvgIpc) is 2.15. The highest BCUT2D eigenvalue weighted by Gasteiger charge is 2.42. The molecule has 1 fully saturated rings. The summed E-state index contributed by atoms with van der Waals surface area (Å²) in [5.74, 6) is 10.0. The fraction of sp³-hybridized carbons (Fsp3) is 1.00. The molecule has 1 heterocycles. The molecule has 1 saturated heterocycles. The van der Waals surface area contributed by atoms with Crippen LogP contribution in [0.1, 0.15) is 0 Å². The largest absolute Gasteiger partial charge is 0.323 e. The highest BCUT2D eigenvalue weighted by Crippen LogP contribution is 2.16. The molecule has 0 aromatic rings. The molecule has 0 saturated carbocycles. The maximum absolute atomic E-state index is 13.2. The van der Waals surface area contributed by atoms with Crippen LogP contribution in [-0.2, 0) is 0 Å². The van der Waals surface area contributed by atoms with E-state index in [0.29, 0.717) is 0 Å². The van der Waals surface area contributed by atoms with Crippen LogP contribution in [0.4, 0.5) is 8.78 Å². The van der Waals surface area contributed by atoms with Crippen molar-refractivity contribution >= 4 is 0 Å². The van der Waals surface area contributed by atoms with Gasteiger partial charge in [0.2, 0.25) is 0 Å². The molecule has 8 heteroatoms. The third-order valence-electron chi connectivity index (χ3n) is 2.09. The fourth-order valence-corrected chi connectivity index (χ4v) is 1.28. The minimum Gasteiger partial charge on any atom is -0.323 e. The Balaban J connectivity index is 2.66. The summed E-state index contributed by atoms with van der Waals surface area (Å²) in [5.41, 5.74) is 9.55. The lowest BCUT2D eigenvalue weighted by Crippen LogP contribution is -2.73. The number of hydrazine groups is 2. The summed E-state index contributed by atoms with van der Waals surface area (Å²) in [4.78, 5) is 0. The Hall–Kier alpha value is -0.380. The smallest absolute Gasteiger partial charge is 0.148 e. The molecule has 0 aliphatic carbocycles. The number of halogens is 2. The van der Waals surface area contributed by atoms with E-state index in [9.17, 15) is 8.78 Å². The zero-order valence-corrected chi connectivity index (χ0v) is 6.87. The molecular formula is C5H14F2N6. The van der Waals surface area contributed by atoms with Gasteiger partial charge in [-0.1, -0.05) is 0 Å². The maximum Gasteiger partial charge on any atom is 0.148 e. The molecule has 78 valence electrons. The molecular weight excluding hydrogens is 182 g/mol. The molecule has 13 heavy (non-hydrogen) atoms. The number of alkyl halides is 2. The van der Waals surface area contributed by atoms with Crippen molar-refractivity contribution < 1.29 is 8.78 Å². The van der Waals surface area contributed by atoms with Crippen molar-refractivity contribution in [3.8, 4) is 0 Å². The van der Waals surface area contributed by atoms with Gasteiger partial charge in [0.15, 0.2) is 0 Å². The van der Waals surface area contributed by atoms with E-state index < -0.39 is 30.7 Å². The van der Waals surface area contributed by atoms with Crippen molar-refractivity contribution in [3.63, 3.8) is 0 Å². The molecule has 0 bridgehead atoms. The maximum atomic E-state index is 13.2. The lowest BCUT2D eigenvalue weighted by Gasteiger charge is -2.39. The molecule has 1 rings (SSSR count). The highest BCUT2D eigenvalue weighted by molar-refractivity contribution is 4.97. The SMILES string of the molecule is NNC1NC(NN)C(F)C(N)C1F. The molecule has 0 aromatic carbocycles. The van der Waals surface area contributed by atoms with Gasteiger partial charge in [0.05, 0.1) is 6.04 Å². The van der Waals surface area contributed by atoms with E-state index >= 15 is 0 Å². The van der Waals surface area contributed by atoms with Gasteiger partial charge in [-0.25, -0.2) is 19.6 Å². The van der Waals surface area contributed by atoms with Crippen LogP contribution in [0.2, 0.25) is 0 Å². The fourth-order valence-electron chi connectivity index (χ4n) is 1.28. The van der Waals surface area contributed by atoms with Crippen LogP contribution in [0.5, 0.6) is 0 Å². The molecule has 0 aromatic heterocycles. The minimum absolute atomic E-state index is 0.900. The van der Waals surface area contributed by atoms with Crippen molar-refractivity contribution in [2.75, 3.05) is 0 Å². The van der Waals surface area contributed by atoms with Crippen molar-refractivity contribution in [1.82, 2.24) is 16.2 Å². The lowest BCUT2D eigenvalue weighted by atomic mass is 9.99. The highest BCUT2D eigenvalue weighted by atomic mass is 19.1. The van der Waals surface area contributed by atoms with E-state index in [0.717, 1.165) is 0 Å². The van der Waals surface area contributed by atoms with Crippen molar-refractivity contribution in [1.29, 1.82) is 0 Å². The summed E-state index contributed by atoms with van der Waals surface area (Å²) >= 11 is 0. The summed E-state index contributed by atoms with van der Waals surface area (Å²) in [6.45, 7) is 0. The van der Waals surface area contributed by atoms with E-state index in [4.69, 9.17) is 17.4 Å². The first kappa shape index (κ1) is 10.7. The Morgan fingerprint density at radius 1 is 1.00 bits per heavy atom. The van der Waals surface area contributed by atoms with E-state index in [1.165, 1.54) is 0 Å². The van der Waals surface area contributed by atoms with Crippen LogP contribution < -0.4 is 33.6 Å². The van der Waals surface area contributed by atoms with Crippen LogP contribution in [0.25, 0.3) is 0 Å². The Morgan fingerprint density at radius 3 is 1.69 bits per heavy atom. The monoisotopic (exact) mass is 196 g/mol. The molecule has 4 atom stereocenters. The third-order valence-corrected chi connectivity index (χ3v) is 2.09. The summed E-state index contributed by atoms with van der Waals surface area (Å²) in [6, 6.07) is -1.25. The number of hydrogen-bond donors (Lipinski definition) is 6. The topological polar surface area (TPSA) is 114 Å². The first-order valence-electron chi connectivity index (χ1n) is 3.84. The Labute approximate surface area is 74.1 Å². The van der Waals surface area contributed by atoms with E-state index in [1.54, 1.807) is 0 Å². The molecule has 9 N–H and O–H groups in total. The second-order valence-electron chi connectivity index (χ2n) is 2.92. The van der Waals surface area contributed by atoms with Gasteiger partial charge in [0.25, 0.3) is 0 Å². The van der Waals surface area contributed by atoms with Gasteiger partial charge in [-0.15, -0.1) is 0 Å². The van der Waals surface area contributed by atoms with Crippen LogP contribution in [-0.4, -0.2) is 30.7 Å². The first-order valence-corrected chi connectivity index (χ1v) is 3.84. The number of piperidine rings is 1. The molecule has 0 amide bonds. The summed E-state index contributed by atoms with van der Waals surface area (Å²) in [6.07, 6.45) is -4.99. The quantitative estimate of drug-likeness (QED) is 0.210. The predicted molar refractivity (Wildman–Crippen MR) is 43.1 cm³/mol. The zero-order valence-electron chi connectivity index (χ0n) is 6.87. The molecule has 0 radical (unpaired) electrons. The van der Waals surface area contributed by atoms with Crippen molar-refractivity contribution in [3.05, 3.63) is 0 Å². The number of hydrogen-bond acceptors (Lipinski definition) is 6. The molecule has 1 aliphatic heterocycles. The standard InChI is InChI=1S/C5H14F2N6/c6-1-3(8)2(7)5(13-10)11-4(1)12-9/h1-5,11-13H,8-10H2. The number of rotatable bonds is 2. The average molecular weight is 196 g/mol. The Kier molecular flexibility index (Phi) is 3.47. The minimum atomic E-state index is -1.59. The van der Waals surface area contributed by atoms with E-state index in [1.807, 2.05) is 0 Å². The van der Waals surface area contributed by atoms with Crippen LogP contribution in [0.15, 0.2) is 0 Å². The summed E-state index contributed by atoms with van der Waals surface area (Å²) in [7, 11) is 0. The van der Waals surface area contributed by atoms with Gasteiger partial charge >= 0.3 is 0 Å². The second-order valence-corrected chi connectivity index (χ2v) is 2.92. The van der Waals surface area contributed by atoms with Gasteiger partial charge in [0.1, 0.15) is 24.7 Å². The normalized spacial score (nSPS) is 46.4. The van der Waals surface area contributed by atoms with Crippen LogP contribution in [0.3, 0.4) is 0 Å². The number of nitrogens with one attached hydrogen (secondary N) is 3. The zero-order chi connectivity index (χ0) is 10.0. The molecule has 6 nitrogen and oxygen atoms in total. The third kappa shape index (κ3) is 1.93. The van der Waals surface area contributed by atoms with E-state index in [2.05, 4.69) is 16.2 Å². The van der Waals surface area contributed by atoms with Crippen LogP contribution in [0, 0.1) is 0 Å². The van der Waals surface area contributed by atoms with Crippen molar-refractivity contribution in [2.45, 2.75) is 30.7 Å². The lowest BCUT2D eigenvalue weighted by molar-refractivity contribution is 0.0411. The molecule has 4 unspecified atom stereocenters.